The minimum absolute atomic E-state index is 0.191. The zero-order valence-corrected chi connectivity index (χ0v) is 13.1. The summed E-state index contributed by atoms with van der Waals surface area (Å²) >= 11 is 5.96. The second kappa shape index (κ2) is 6.42. The number of carbonyl (C=O) groups is 2. The zero-order valence-electron chi connectivity index (χ0n) is 12.4. The Morgan fingerprint density at radius 3 is 2.91 bits per heavy atom. The minimum Gasteiger partial charge on any atom is -0.481 e. The van der Waals surface area contributed by atoms with E-state index in [-0.39, 0.29) is 12.5 Å². The van der Waals surface area contributed by atoms with E-state index in [1.807, 2.05) is 12.1 Å². The number of aromatic nitrogens is 2. The second-order valence-electron chi connectivity index (χ2n) is 5.58. The maximum Gasteiger partial charge on any atom is 0.308 e. The third-order valence-corrected chi connectivity index (χ3v) is 4.20. The average Bonchev–Trinajstić information content (AvgIpc) is 3.04. The number of hydrogen-bond acceptors (Lipinski definition) is 3. The molecular weight excluding hydrogens is 318 g/mol. The number of nitrogens with zero attached hydrogens (tertiary/aromatic N) is 3. The van der Waals surface area contributed by atoms with Crippen molar-refractivity contribution < 1.29 is 14.7 Å². The Kier molecular flexibility index (Phi) is 4.34. The molecular formula is C16H16ClN3O3. The summed E-state index contributed by atoms with van der Waals surface area (Å²) in [4.78, 5) is 25.2. The molecule has 1 aromatic heterocycles. The lowest BCUT2D eigenvalue weighted by Crippen LogP contribution is -2.42. The Morgan fingerprint density at radius 1 is 1.35 bits per heavy atom. The minimum atomic E-state index is -0.850. The molecule has 7 heteroatoms. The van der Waals surface area contributed by atoms with Crippen LogP contribution in [0.3, 0.4) is 0 Å². The molecule has 0 aliphatic carbocycles. The number of carboxylic acid groups (broad SMARTS) is 1. The van der Waals surface area contributed by atoms with Gasteiger partial charge in [0.25, 0.3) is 5.91 Å². The number of rotatable bonds is 3. The molecule has 1 fully saturated rings. The molecule has 1 aliphatic rings. The summed E-state index contributed by atoms with van der Waals surface area (Å²) in [5.74, 6) is -1.53. The molecule has 1 N–H and O–H groups in total. The fraction of sp³-hybridized carbons (Fsp3) is 0.312. The summed E-state index contributed by atoms with van der Waals surface area (Å²) in [6, 6.07) is 7.17. The van der Waals surface area contributed by atoms with Gasteiger partial charge in [0.1, 0.15) is 0 Å². The van der Waals surface area contributed by atoms with Crippen LogP contribution >= 0.6 is 11.6 Å². The summed E-state index contributed by atoms with van der Waals surface area (Å²) in [5, 5.41) is 13.9. The van der Waals surface area contributed by atoms with E-state index >= 15 is 0 Å². The van der Waals surface area contributed by atoms with Gasteiger partial charge in [-0.2, -0.15) is 5.10 Å². The molecule has 0 saturated carbocycles. The van der Waals surface area contributed by atoms with Gasteiger partial charge in [-0.3, -0.25) is 9.59 Å². The van der Waals surface area contributed by atoms with Crippen LogP contribution in [0.15, 0.2) is 36.7 Å². The second-order valence-corrected chi connectivity index (χ2v) is 6.02. The molecule has 0 unspecified atom stereocenters. The van der Waals surface area contributed by atoms with Crippen molar-refractivity contribution in [2.24, 2.45) is 5.92 Å². The fourth-order valence-corrected chi connectivity index (χ4v) is 2.92. The van der Waals surface area contributed by atoms with E-state index in [9.17, 15) is 9.59 Å². The van der Waals surface area contributed by atoms with Crippen LogP contribution in [0.4, 0.5) is 0 Å². The molecule has 1 aromatic carbocycles. The van der Waals surface area contributed by atoms with Gasteiger partial charge in [-0.05, 0) is 31.0 Å². The first-order chi connectivity index (χ1) is 11.0. The summed E-state index contributed by atoms with van der Waals surface area (Å²) in [5.41, 5.74) is 1.20. The van der Waals surface area contributed by atoms with E-state index in [4.69, 9.17) is 16.7 Å². The Hall–Kier alpha value is -2.34. The van der Waals surface area contributed by atoms with Gasteiger partial charge >= 0.3 is 5.97 Å². The molecule has 0 spiro atoms. The summed E-state index contributed by atoms with van der Waals surface area (Å²) in [6.07, 6.45) is 4.44. The molecule has 0 radical (unpaired) electrons. The van der Waals surface area contributed by atoms with Crippen molar-refractivity contribution in [1.82, 2.24) is 14.7 Å². The van der Waals surface area contributed by atoms with Gasteiger partial charge in [-0.25, -0.2) is 4.68 Å². The Morgan fingerprint density at radius 2 is 2.17 bits per heavy atom. The maximum absolute atomic E-state index is 12.5. The Bertz CT molecular complexity index is 744. The largest absolute Gasteiger partial charge is 0.481 e. The predicted molar refractivity (Wildman–Crippen MR) is 84.8 cm³/mol. The van der Waals surface area contributed by atoms with Crippen molar-refractivity contribution in [3.8, 4) is 5.69 Å². The van der Waals surface area contributed by atoms with Crippen LogP contribution in [0.25, 0.3) is 5.69 Å². The van der Waals surface area contributed by atoms with Gasteiger partial charge in [0, 0.05) is 24.3 Å². The Balaban J connectivity index is 1.77. The van der Waals surface area contributed by atoms with Crippen LogP contribution in [0.1, 0.15) is 23.2 Å². The number of halogens is 1. The normalized spacial score (nSPS) is 18.0. The van der Waals surface area contributed by atoms with Gasteiger partial charge in [-0.15, -0.1) is 0 Å². The highest BCUT2D eigenvalue weighted by molar-refractivity contribution is 6.30. The molecule has 6 nitrogen and oxygen atoms in total. The van der Waals surface area contributed by atoms with Crippen molar-refractivity contribution in [2.75, 3.05) is 13.1 Å². The lowest BCUT2D eigenvalue weighted by molar-refractivity contribution is -0.143. The summed E-state index contributed by atoms with van der Waals surface area (Å²) in [6.45, 7) is 0.821. The molecule has 2 heterocycles. The van der Waals surface area contributed by atoms with Crippen LogP contribution < -0.4 is 0 Å². The van der Waals surface area contributed by atoms with E-state index in [1.165, 1.54) is 6.20 Å². The number of aliphatic carboxylic acids is 1. The summed E-state index contributed by atoms with van der Waals surface area (Å²) in [7, 11) is 0. The predicted octanol–water partition coefficient (Wildman–Crippen LogP) is 2.46. The van der Waals surface area contributed by atoms with Gasteiger partial charge in [0.15, 0.2) is 0 Å². The number of benzene rings is 1. The number of amides is 1. The van der Waals surface area contributed by atoms with Crippen LogP contribution in [0.2, 0.25) is 5.02 Å². The first-order valence-electron chi connectivity index (χ1n) is 7.37. The van der Waals surface area contributed by atoms with E-state index in [0.717, 1.165) is 5.69 Å². The molecule has 3 rings (SSSR count). The third kappa shape index (κ3) is 3.37. The monoisotopic (exact) mass is 333 g/mol. The smallest absolute Gasteiger partial charge is 0.308 e. The maximum atomic E-state index is 12.5. The number of likely N-dealkylation sites (tertiary alicyclic amines) is 1. The van der Waals surface area contributed by atoms with Crippen molar-refractivity contribution in [3.05, 3.63) is 47.2 Å². The molecule has 23 heavy (non-hydrogen) atoms. The van der Waals surface area contributed by atoms with Gasteiger partial charge < -0.3 is 10.0 Å². The number of piperidine rings is 1. The lowest BCUT2D eigenvalue weighted by atomic mass is 9.98. The van der Waals surface area contributed by atoms with E-state index < -0.39 is 11.9 Å². The molecule has 2 aromatic rings. The first-order valence-corrected chi connectivity index (χ1v) is 7.75. The van der Waals surface area contributed by atoms with Crippen LogP contribution in [0.5, 0.6) is 0 Å². The molecule has 1 aliphatic heterocycles. The van der Waals surface area contributed by atoms with E-state index in [1.54, 1.807) is 27.9 Å². The first kappa shape index (κ1) is 15.6. The van der Waals surface area contributed by atoms with Crippen molar-refractivity contribution >= 4 is 23.5 Å². The fourth-order valence-electron chi connectivity index (χ4n) is 2.74. The molecule has 1 atom stereocenters. The molecule has 1 saturated heterocycles. The summed E-state index contributed by atoms with van der Waals surface area (Å²) < 4.78 is 1.58. The molecule has 120 valence electrons. The SMILES string of the molecule is O=C(O)[C@@H]1CCCN(C(=O)c2cnn(-c3cccc(Cl)c3)c2)C1. The highest BCUT2D eigenvalue weighted by atomic mass is 35.5. The third-order valence-electron chi connectivity index (χ3n) is 3.96. The van der Waals surface area contributed by atoms with Crippen LogP contribution in [-0.2, 0) is 4.79 Å². The lowest BCUT2D eigenvalue weighted by Gasteiger charge is -2.30. The van der Waals surface area contributed by atoms with Crippen molar-refractivity contribution in [2.45, 2.75) is 12.8 Å². The van der Waals surface area contributed by atoms with Gasteiger partial charge in [0.05, 0.1) is 23.4 Å². The number of hydrogen-bond donors (Lipinski definition) is 1. The van der Waals surface area contributed by atoms with E-state index in [2.05, 4.69) is 5.10 Å². The Labute approximate surface area is 138 Å². The molecule has 0 bridgehead atoms. The topological polar surface area (TPSA) is 75.4 Å². The van der Waals surface area contributed by atoms with Crippen LogP contribution in [0, 0.1) is 5.92 Å². The van der Waals surface area contributed by atoms with Crippen LogP contribution in [-0.4, -0.2) is 44.8 Å². The van der Waals surface area contributed by atoms with Gasteiger partial charge in [0.2, 0.25) is 0 Å². The van der Waals surface area contributed by atoms with Crippen molar-refractivity contribution in [1.29, 1.82) is 0 Å². The molecule has 1 amide bonds. The number of carboxylic acids is 1. The highest BCUT2D eigenvalue weighted by Crippen LogP contribution is 2.20. The van der Waals surface area contributed by atoms with Gasteiger partial charge in [-0.1, -0.05) is 17.7 Å². The number of carbonyl (C=O) groups excluding carboxylic acids is 1. The average molecular weight is 334 g/mol. The van der Waals surface area contributed by atoms with Crippen molar-refractivity contribution in [3.63, 3.8) is 0 Å². The standard InChI is InChI=1S/C16H16ClN3O3/c17-13-4-1-5-14(7-13)20-10-12(8-18-20)15(21)19-6-2-3-11(9-19)16(22)23/h1,4-5,7-8,10-11H,2-3,6,9H2,(H,22,23)/t11-/m1/s1. The van der Waals surface area contributed by atoms with E-state index in [0.29, 0.717) is 30.0 Å². The zero-order chi connectivity index (χ0) is 16.4. The highest BCUT2D eigenvalue weighted by Gasteiger charge is 2.29. The quantitative estimate of drug-likeness (QED) is 0.936.